The van der Waals surface area contributed by atoms with Crippen LogP contribution >= 0.6 is 0 Å². The van der Waals surface area contributed by atoms with Gasteiger partial charge in [-0.3, -0.25) is 0 Å². The van der Waals surface area contributed by atoms with Gasteiger partial charge in [-0.05, 0) is 23.6 Å². The smallest absolute Gasteiger partial charge is 0.336 e. The fourth-order valence-electron chi connectivity index (χ4n) is 3.32. The Morgan fingerprint density at radius 3 is 2.12 bits per heavy atom. The second-order valence-corrected chi connectivity index (χ2v) is 5.99. The van der Waals surface area contributed by atoms with Crippen molar-refractivity contribution in [3.63, 3.8) is 0 Å². The summed E-state index contributed by atoms with van der Waals surface area (Å²) in [7, 11) is 0. The van der Waals surface area contributed by atoms with E-state index in [0.717, 1.165) is 11.1 Å². The Morgan fingerprint density at radius 2 is 1.50 bits per heavy atom. The molecular formula is C20H18N2O4. The minimum absolute atomic E-state index is 0.0278. The fourth-order valence-corrected chi connectivity index (χ4v) is 3.32. The van der Waals surface area contributed by atoms with Gasteiger partial charge in [0.1, 0.15) is 5.82 Å². The Hall–Kier alpha value is -3.54. The highest BCUT2D eigenvalue weighted by Crippen LogP contribution is 2.41. The van der Waals surface area contributed by atoms with Gasteiger partial charge in [0.25, 0.3) is 0 Å². The van der Waals surface area contributed by atoms with Crippen molar-refractivity contribution < 1.29 is 19.8 Å². The number of benzene rings is 2. The van der Waals surface area contributed by atoms with Crippen LogP contribution in [0.4, 0.5) is 0 Å². The zero-order valence-electron chi connectivity index (χ0n) is 14.1. The van der Waals surface area contributed by atoms with Crippen molar-refractivity contribution >= 4 is 11.9 Å². The molecule has 132 valence electrons. The summed E-state index contributed by atoms with van der Waals surface area (Å²) >= 11 is 0. The van der Waals surface area contributed by atoms with E-state index in [0.29, 0.717) is 11.3 Å². The Balaban J connectivity index is 2.30. The predicted octanol–water partition coefficient (Wildman–Crippen LogP) is 2.65. The normalized spacial score (nSPS) is 17.0. The zero-order valence-corrected chi connectivity index (χ0v) is 14.1. The van der Waals surface area contributed by atoms with E-state index in [-0.39, 0.29) is 17.0 Å². The summed E-state index contributed by atoms with van der Waals surface area (Å²) in [6.45, 7) is 1.58. The summed E-state index contributed by atoms with van der Waals surface area (Å²) in [4.78, 5) is 23.8. The highest BCUT2D eigenvalue weighted by molar-refractivity contribution is 5.99. The second kappa shape index (κ2) is 6.76. The molecule has 0 saturated heterocycles. The minimum Gasteiger partial charge on any atom is -0.478 e. The molecule has 26 heavy (non-hydrogen) atoms. The third-order valence-corrected chi connectivity index (χ3v) is 4.41. The van der Waals surface area contributed by atoms with E-state index < -0.39 is 17.9 Å². The molecule has 1 aliphatic rings. The van der Waals surface area contributed by atoms with Crippen LogP contribution in [0.5, 0.6) is 0 Å². The van der Waals surface area contributed by atoms with Crippen LogP contribution in [0.3, 0.4) is 0 Å². The van der Waals surface area contributed by atoms with Crippen LogP contribution < -0.4 is 11.1 Å². The summed E-state index contributed by atoms with van der Waals surface area (Å²) in [5, 5.41) is 22.1. The number of dihydropyridines is 1. The standard InChI is InChI=1S/C20H18N2O4/c1-11-15(19(23)24)16(17(20(25)26)18(21)22-11)14-10-6-5-9-13(14)12-7-3-2-4-8-12/h2-10,16,22H,21H2,1H3,(H,23,24)(H,25,26). The molecule has 0 radical (unpaired) electrons. The van der Waals surface area contributed by atoms with E-state index in [2.05, 4.69) is 5.32 Å². The lowest BCUT2D eigenvalue weighted by molar-refractivity contribution is -0.133. The Bertz CT molecular complexity index is 909. The first-order valence-electron chi connectivity index (χ1n) is 8.00. The highest BCUT2D eigenvalue weighted by atomic mass is 16.4. The molecule has 1 unspecified atom stereocenters. The minimum atomic E-state index is -1.26. The molecule has 0 aromatic heterocycles. The fraction of sp³-hybridized carbons (Fsp3) is 0.100. The first kappa shape index (κ1) is 17.3. The molecule has 1 atom stereocenters. The number of hydrogen-bond acceptors (Lipinski definition) is 4. The number of aliphatic carboxylic acids is 2. The van der Waals surface area contributed by atoms with Crippen molar-refractivity contribution in [1.82, 2.24) is 5.32 Å². The molecule has 2 aromatic rings. The van der Waals surface area contributed by atoms with Gasteiger partial charge < -0.3 is 21.3 Å². The largest absolute Gasteiger partial charge is 0.478 e. The van der Waals surface area contributed by atoms with Crippen LogP contribution in [0.25, 0.3) is 11.1 Å². The third-order valence-electron chi connectivity index (χ3n) is 4.41. The van der Waals surface area contributed by atoms with Gasteiger partial charge in [0, 0.05) is 5.70 Å². The summed E-state index contributed by atoms with van der Waals surface area (Å²) in [6, 6.07) is 16.6. The average molecular weight is 350 g/mol. The van der Waals surface area contributed by atoms with Crippen molar-refractivity contribution in [2.75, 3.05) is 0 Å². The maximum Gasteiger partial charge on any atom is 0.336 e. The van der Waals surface area contributed by atoms with Crippen LogP contribution in [0, 0.1) is 0 Å². The first-order chi connectivity index (χ1) is 12.4. The van der Waals surface area contributed by atoms with Gasteiger partial charge >= 0.3 is 11.9 Å². The van der Waals surface area contributed by atoms with Crippen LogP contribution in [-0.4, -0.2) is 22.2 Å². The molecule has 1 aliphatic heterocycles. The number of rotatable bonds is 4. The summed E-state index contributed by atoms with van der Waals surface area (Å²) in [5.41, 5.74) is 8.25. The van der Waals surface area contributed by atoms with Crippen molar-refractivity contribution in [3.05, 3.63) is 82.8 Å². The van der Waals surface area contributed by atoms with Gasteiger partial charge in [0.2, 0.25) is 0 Å². The van der Waals surface area contributed by atoms with E-state index in [1.54, 1.807) is 19.1 Å². The molecule has 0 fully saturated rings. The van der Waals surface area contributed by atoms with Crippen LogP contribution in [0.1, 0.15) is 18.4 Å². The Morgan fingerprint density at radius 1 is 0.923 bits per heavy atom. The molecule has 0 aliphatic carbocycles. The molecule has 6 nitrogen and oxygen atoms in total. The van der Waals surface area contributed by atoms with Crippen molar-refractivity contribution in [3.8, 4) is 11.1 Å². The van der Waals surface area contributed by atoms with E-state index in [9.17, 15) is 19.8 Å². The quantitative estimate of drug-likeness (QED) is 0.674. The van der Waals surface area contributed by atoms with Gasteiger partial charge in [-0.25, -0.2) is 9.59 Å². The molecule has 6 heteroatoms. The van der Waals surface area contributed by atoms with Crippen LogP contribution in [-0.2, 0) is 9.59 Å². The molecule has 0 spiro atoms. The molecule has 0 bridgehead atoms. The summed E-state index contributed by atoms with van der Waals surface area (Å²) < 4.78 is 0. The second-order valence-electron chi connectivity index (χ2n) is 5.99. The first-order valence-corrected chi connectivity index (χ1v) is 8.00. The molecule has 5 N–H and O–H groups in total. The van der Waals surface area contributed by atoms with Crippen molar-refractivity contribution in [1.29, 1.82) is 0 Å². The van der Waals surface area contributed by atoms with Crippen molar-refractivity contribution in [2.24, 2.45) is 5.73 Å². The number of nitrogens with two attached hydrogens (primary N) is 1. The Labute approximate surface area is 150 Å². The molecular weight excluding hydrogens is 332 g/mol. The maximum atomic E-state index is 11.9. The average Bonchev–Trinajstić information content (AvgIpc) is 2.61. The number of nitrogens with one attached hydrogen (secondary N) is 1. The lowest BCUT2D eigenvalue weighted by Crippen LogP contribution is -2.35. The lowest BCUT2D eigenvalue weighted by Gasteiger charge is -2.29. The molecule has 3 rings (SSSR count). The SMILES string of the molecule is CC1=C(C(=O)O)C(c2ccccc2-c2ccccc2)C(C(=O)O)=C(N)N1. The van der Waals surface area contributed by atoms with E-state index in [1.807, 2.05) is 42.5 Å². The predicted molar refractivity (Wildman–Crippen MR) is 96.9 cm³/mol. The van der Waals surface area contributed by atoms with Gasteiger partial charge in [-0.1, -0.05) is 54.6 Å². The molecule has 0 saturated carbocycles. The number of carbonyl (C=O) groups is 2. The molecule has 0 amide bonds. The maximum absolute atomic E-state index is 11.9. The topological polar surface area (TPSA) is 113 Å². The molecule has 2 aromatic carbocycles. The van der Waals surface area contributed by atoms with Gasteiger partial charge in [0.15, 0.2) is 0 Å². The van der Waals surface area contributed by atoms with E-state index in [1.165, 1.54) is 0 Å². The van der Waals surface area contributed by atoms with Crippen LogP contribution in [0.15, 0.2) is 77.3 Å². The number of carboxylic acids is 2. The number of carboxylic acid groups (broad SMARTS) is 2. The van der Waals surface area contributed by atoms with E-state index in [4.69, 9.17) is 5.73 Å². The third kappa shape index (κ3) is 2.93. The van der Waals surface area contributed by atoms with Gasteiger partial charge in [0.05, 0.1) is 17.1 Å². The van der Waals surface area contributed by atoms with Gasteiger partial charge in [-0.2, -0.15) is 0 Å². The molecule has 1 heterocycles. The number of hydrogen-bond donors (Lipinski definition) is 4. The van der Waals surface area contributed by atoms with E-state index >= 15 is 0 Å². The van der Waals surface area contributed by atoms with Crippen LogP contribution in [0.2, 0.25) is 0 Å². The summed E-state index contributed by atoms with van der Waals surface area (Å²) in [6.07, 6.45) is 0. The number of allylic oxidation sites excluding steroid dienone is 1. The van der Waals surface area contributed by atoms with Crippen molar-refractivity contribution in [2.45, 2.75) is 12.8 Å². The summed E-state index contributed by atoms with van der Waals surface area (Å²) in [5.74, 6) is -3.47. The zero-order chi connectivity index (χ0) is 18.8. The monoisotopic (exact) mass is 350 g/mol. The highest BCUT2D eigenvalue weighted by Gasteiger charge is 2.38. The Kier molecular flexibility index (Phi) is 4.49. The van der Waals surface area contributed by atoms with Gasteiger partial charge in [-0.15, -0.1) is 0 Å². The lowest BCUT2D eigenvalue weighted by atomic mass is 9.78.